The number of nitrogens with zero attached hydrogens (tertiary/aromatic N) is 1. The average molecular weight is 556 g/mol. The summed E-state index contributed by atoms with van der Waals surface area (Å²) in [5.41, 5.74) is 3.23. The number of ketones is 1. The fourth-order valence-corrected chi connectivity index (χ4v) is 5.49. The molecule has 0 aromatic heterocycles. The topological polar surface area (TPSA) is 85.3 Å². The van der Waals surface area contributed by atoms with Gasteiger partial charge < -0.3 is 24.2 Å². The molecule has 0 bridgehead atoms. The van der Waals surface area contributed by atoms with Crippen molar-refractivity contribution in [2.24, 2.45) is 0 Å². The van der Waals surface area contributed by atoms with Crippen molar-refractivity contribution >= 4 is 17.4 Å². The number of carbonyl (C=O) groups excluding carboxylic acids is 2. The summed E-state index contributed by atoms with van der Waals surface area (Å²) in [5, 5.41) is 11.6. The van der Waals surface area contributed by atoms with Crippen LogP contribution < -0.4 is 14.2 Å². The first kappa shape index (κ1) is 28.3. The lowest BCUT2D eigenvalue weighted by atomic mass is 9.94. The molecule has 0 aliphatic carbocycles. The molecular weight excluding hydrogens is 518 g/mol. The summed E-state index contributed by atoms with van der Waals surface area (Å²) in [6.45, 7) is 7.28. The Morgan fingerprint density at radius 3 is 2.56 bits per heavy atom. The van der Waals surface area contributed by atoms with Crippen molar-refractivity contribution < 1.29 is 28.9 Å². The third kappa shape index (κ3) is 5.94. The predicted molar refractivity (Wildman–Crippen MR) is 157 cm³/mol. The molecule has 2 heterocycles. The standard InChI is InChI=1S/C34H37NO6/c1-4-6-18-40-28-15-12-24(21-29(28)39-5-2)31-30(32(36)25-13-14-27-26(20-25)19-22(3)41-27)33(37)34(38)35(31)17-16-23-10-8-7-9-11-23/h7-15,20-22,31,36H,4-6,16-19H2,1-3H3/t22-,31-/m0/s1. The Bertz CT molecular complexity index is 1450. The molecule has 5 rings (SSSR count). The van der Waals surface area contributed by atoms with Gasteiger partial charge in [0.25, 0.3) is 11.7 Å². The van der Waals surface area contributed by atoms with Gasteiger partial charge in [-0.15, -0.1) is 0 Å². The molecular formula is C34H37NO6. The molecule has 1 saturated heterocycles. The quantitative estimate of drug-likeness (QED) is 0.130. The molecule has 0 saturated carbocycles. The maximum Gasteiger partial charge on any atom is 0.295 e. The van der Waals surface area contributed by atoms with E-state index in [-0.39, 0.29) is 17.4 Å². The maximum atomic E-state index is 13.6. The molecule has 3 aromatic carbocycles. The van der Waals surface area contributed by atoms with E-state index in [1.165, 1.54) is 0 Å². The minimum absolute atomic E-state index is 0.0426. The van der Waals surface area contributed by atoms with Crippen LogP contribution in [-0.4, -0.2) is 47.6 Å². The van der Waals surface area contributed by atoms with Crippen molar-refractivity contribution in [1.82, 2.24) is 4.90 Å². The average Bonchev–Trinajstić information content (AvgIpc) is 3.48. The van der Waals surface area contributed by atoms with Gasteiger partial charge in [-0.3, -0.25) is 9.59 Å². The Morgan fingerprint density at radius 1 is 1.00 bits per heavy atom. The summed E-state index contributed by atoms with van der Waals surface area (Å²) < 4.78 is 17.7. The molecule has 0 unspecified atom stereocenters. The van der Waals surface area contributed by atoms with Crippen LogP contribution in [0.1, 0.15) is 61.9 Å². The number of carbonyl (C=O) groups is 2. The lowest BCUT2D eigenvalue weighted by molar-refractivity contribution is -0.139. The largest absolute Gasteiger partial charge is 0.507 e. The summed E-state index contributed by atoms with van der Waals surface area (Å²) in [6.07, 6.45) is 3.24. The molecule has 0 spiro atoms. The summed E-state index contributed by atoms with van der Waals surface area (Å²) in [6, 6.07) is 19.9. The summed E-state index contributed by atoms with van der Waals surface area (Å²) >= 11 is 0. The van der Waals surface area contributed by atoms with Gasteiger partial charge in [-0.25, -0.2) is 0 Å². The number of amides is 1. The molecule has 7 heteroatoms. The fraction of sp³-hybridized carbons (Fsp3) is 0.353. The second-order valence-corrected chi connectivity index (χ2v) is 10.5. The zero-order chi connectivity index (χ0) is 28.9. The molecule has 1 fully saturated rings. The fourth-order valence-electron chi connectivity index (χ4n) is 5.49. The number of hydrogen-bond donors (Lipinski definition) is 1. The number of fused-ring (bicyclic) bond motifs is 1. The third-order valence-electron chi connectivity index (χ3n) is 7.53. The zero-order valence-electron chi connectivity index (χ0n) is 23.9. The van der Waals surface area contributed by atoms with Crippen LogP contribution in [0.5, 0.6) is 17.2 Å². The highest BCUT2D eigenvalue weighted by atomic mass is 16.5. The Labute approximate surface area is 241 Å². The lowest BCUT2D eigenvalue weighted by Crippen LogP contribution is -2.31. The number of hydrogen-bond acceptors (Lipinski definition) is 6. The van der Waals surface area contributed by atoms with Crippen LogP contribution in [0.25, 0.3) is 5.76 Å². The first-order chi connectivity index (χ1) is 19.9. The van der Waals surface area contributed by atoms with Crippen LogP contribution in [0, 0.1) is 0 Å². The van der Waals surface area contributed by atoms with Gasteiger partial charge in [0, 0.05) is 18.5 Å². The molecule has 2 atom stereocenters. The van der Waals surface area contributed by atoms with Gasteiger partial charge in [-0.05, 0) is 73.7 Å². The van der Waals surface area contributed by atoms with Crippen molar-refractivity contribution in [3.63, 3.8) is 0 Å². The van der Waals surface area contributed by atoms with E-state index >= 15 is 0 Å². The van der Waals surface area contributed by atoms with Crippen LogP contribution in [0.3, 0.4) is 0 Å². The van der Waals surface area contributed by atoms with E-state index in [2.05, 4.69) is 6.92 Å². The van der Waals surface area contributed by atoms with E-state index in [0.717, 1.165) is 29.7 Å². The van der Waals surface area contributed by atoms with Gasteiger partial charge in [0.1, 0.15) is 17.6 Å². The second-order valence-electron chi connectivity index (χ2n) is 10.5. The summed E-state index contributed by atoms with van der Waals surface area (Å²) in [7, 11) is 0. The number of benzene rings is 3. The van der Waals surface area contributed by atoms with Crippen LogP contribution in [-0.2, 0) is 22.4 Å². The lowest BCUT2D eigenvalue weighted by Gasteiger charge is -2.26. The summed E-state index contributed by atoms with van der Waals surface area (Å²) in [5.74, 6) is 0.392. The first-order valence-electron chi connectivity index (χ1n) is 14.4. The molecule has 0 radical (unpaired) electrons. The minimum Gasteiger partial charge on any atom is -0.507 e. The van der Waals surface area contributed by atoms with Crippen molar-refractivity contribution in [3.8, 4) is 17.2 Å². The van der Waals surface area contributed by atoms with Gasteiger partial charge in [-0.1, -0.05) is 49.7 Å². The van der Waals surface area contributed by atoms with Gasteiger partial charge in [0.15, 0.2) is 11.5 Å². The molecule has 7 nitrogen and oxygen atoms in total. The highest BCUT2D eigenvalue weighted by molar-refractivity contribution is 6.46. The Morgan fingerprint density at radius 2 is 1.80 bits per heavy atom. The van der Waals surface area contributed by atoms with E-state index in [1.54, 1.807) is 11.0 Å². The van der Waals surface area contributed by atoms with Crippen molar-refractivity contribution in [1.29, 1.82) is 0 Å². The molecule has 1 amide bonds. The minimum atomic E-state index is -0.786. The van der Waals surface area contributed by atoms with E-state index in [4.69, 9.17) is 14.2 Å². The summed E-state index contributed by atoms with van der Waals surface area (Å²) in [4.78, 5) is 28.6. The second kappa shape index (κ2) is 12.5. The van der Waals surface area contributed by atoms with Gasteiger partial charge >= 0.3 is 0 Å². The zero-order valence-corrected chi connectivity index (χ0v) is 23.9. The highest BCUT2D eigenvalue weighted by Crippen LogP contribution is 2.43. The van der Waals surface area contributed by atoms with Crippen molar-refractivity contribution in [2.45, 2.75) is 58.6 Å². The van der Waals surface area contributed by atoms with Crippen LogP contribution >= 0.6 is 0 Å². The molecule has 41 heavy (non-hydrogen) atoms. The van der Waals surface area contributed by atoms with Gasteiger partial charge in [0.2, 0.25) is 0 Å². The Kier molecular flexibility index (Phi) is 8.62. The van der Waals surface area contributed by atoms with Crippen LogP contribution in [0.2, 0.25) is 0 Å². The number of aliphatic hydroxyl groups is 1. The van der Waals surface area contributed by atoms with Crippen molar-refractivity contribution in [3.05, 3.63) is 94.6 Å². The SMILES string of the molecule is CCCCOc1ccc([C@H]2C(=C(O)c3ccc4c(c3)C[C@H](C)O4)C(=O)C(=O)N2CCc2ccccc2)cc1OCC. The smallest absolute Gasteiger partial charge is 0.295 e. The molecule has 1 N–H and O–H groups in total. The van der Waals surface area contributed by atoms with E-state index in [0.29, 0.717) is 55.2 Å². The van der Waals surface area contributed by atoms with E-state index in [9.17, 15) is 14.7 Å². The highest BCUT2D eigenvalue weighted by Gasteiger charge is 2.46. The monoisotopic (exact) mass is 555 g/mol. The van der Waals surface area contributed by atoms with E-state index < -0.39 is 17.7 Å². The maximum absolute atomic E-state index is 13.6. The van der Waals surface area contributed by atoms with Gasteiger partial charge in [0.05, 0.1) is 24.8 Å². The normalized spacial score (nSPS) is 19.2. The number of likely N-dealkylation sites (tertiary alicyclic amines) is 1. The van der Waals surface area contributed by atoms with Crippen molar-refractivity contribution in [2.75, 3.05) is 19.8 Å². The predicted octanol–water partition coefficient (Wildman–Crippen LogP) is 6.25. The molecule has 2 aliphatic heterocycles. The van der Waals surface area contributed by atoms with Crippen LogP contribution in [0.15, 0.2) is 72.3 Å². The van der Waals surface area contributed by atoms with E-state index in [1.807, 2.05) is 74.5 Å². The Hall–Kier alpha value is -4.26. The number of ether oxygens (including phenoxy) is 3. The third-order valence-corrected chi connectivity index (χ3v) is 7.53. The van der Waals surface area contributed by atoms with Crippen LogP contribution in [0.4, 0.5) is 0 Å². The molecule has 3 aromatic rings. The first-order valence-corrected chi connectivity index (χ1v) is 14.4. The van der Waals surface area contributed by atoms with Gasteiger partial charge in [-0.2, -0.15) is 0 Å². The number of Topliss-reactive ketones (excluding diaryl/α,β-unsaturated/α-hetero) is 1. The Balaban J connectivity index is 1.58. The molecule has 214 valence electrons. The number of rotatable bonds is 11. The number of aliphatic hydroxyl groups excluding tert-OH is 1. The molecule has 2 aliphatic rings. The number of unbranched alkanes of at least 4 members (excludes halogenated alkanes) is 1.